The monoisotopic (exact) mass is 328 g/mol. The van der Waals surface area contributed by atoms with Gasteiger partial charge in [-0.1, -0.05) is 0 Å². The van der Waals surface area contributed by atoms with Gasteiger partial charge in [-0.05, 0) is 34.7 Å². The van der Waals surface area contributed by atoms with Crippen LogP contribution in [0.4, 0.5) is 5.69 Å². The minimum atomic E-state index is -0.241. The molecule has 6 nitrogen and oxygen atoms in total. The van der Waals surface area contributed by atoms with Crippen LogP contribution in [-0.4, -0.2) is 28.8 Å². The first-order chi connectivity index (χ1) is 8.99. The van der Waals surface area contributed by atoms with Crippen molar-refractivity contribution in [3.05, 3.63) is 21.0 Å². The van der Waals surface area contributed by atoms with Gasteiger partial charge in [0.1, 0.15) is 4.47 Å². The van der Waals surface area contributed by atoms with Crippen LogP contribution in [0.1, 0.15) is 19.3 Å². The van der Waals surface area contributed by atoms with E-state index in [1.165, 1.54) is 4.68 Å². The Bertz CT molecular complexity index is 535. The summed E-state index contributed by atoms with van der Waals surface area (Å²) in [6.07, 6.45) is 3.96. The molecule has 2 rings (SSSR count). The second-order valence-corrected chi connectivity index (χ2v) is 5.67. The minimum absolute atomic E-state index is 0.142. The summed E-state index contributed by atoms with van der Waals surface area (Å²) in [5, 5.41) is 4.04. The summed E-state index contributed by atoms with van der Waals surface area (Å²) in [7, 11) is 1.62. The SMILES string of the molecule is Cn1ncc(N2CCC(CC(N)=O)CC2)c(Br)c1=O. The van der Waals surface area contributed by atoms with Gasteiger partial charge >= 0.3 is 0 Å². The third kappa shape index (κ3) is 3.15. The Kier molecular flexibility index (Phi) is 4.24. The van der Waals surface area contributed by atoms with E-state index in [2.05, 4.69) is 25.9 Å². The molecule has 0 spiro atoms. The summed E-state index contributed by atoms with van der Waals surface area (Å²) in [5.41, 5.74) is 5.89. The highest BCUT2D eigenvalue weighted by Crippen LogP contribution is 2.28. The van der Waals surface area contributed by atoms with Crippen LogP contribution < -0.4 is 16.2 Å². The lowest BCUT2D eigenvalue weighted by Gasteiger charge is -2.33. The first kappa shape index (κ1) is 14.0. The Morgan fingerprint density at radius 1 is 1.53 bits per heavy atom. The van der Waals surface area contributed by atoms with Crippen LogP contribution in [0.5, 0.6) is 0 Å². The molecule has 2 heterocycles. The topological polar surface area (TPSA) is 81.2 Å². The average Bonchev–Trinajstić information content (AvgIpc) is 2.37. The van der Waals surface area contributed by atoms with Gasteiger partial charge in [0.05, 0.1) is 11.9 Å². The maximum Gasteiger partial charge on any atom is 0.282 e. The Morgan fingerprint density at radius 2 is 2.16 bits per heavy atom. The van der Waals surface area contributed by atoms with Gasteiger partial charge in [-0.2, -0.15) is 5.10 Å². The van der Waals surface area contributed by atoms with E-state index in [1.807, 2.05) is 0 Å². The van der Waals surface area contributed by atoms with E-state index in [0.717, 1.165) is 31.6 Å². The Hall–Kier alpha value is -1.37. The van der Waals surface area contributed by atoms with Crippen LogP contribution in [0.2, 0.25) is 0 Å². The zero-order valence-electron chi connectivity index (χ0n) is 10.8. The number of carbonyl (C=O) groups excluding carboxylic acids is 1. The first-order valence-corrected chi connectivity index (χ1v) is 7.03. The first-order valence-electron chi connectivity index (χ1n) is 6.24. The molecule has 1 amide bonds. The number of rotatable bonds is 3. The predicted octanol–water partition coefficient (Wildman–Crippen LogP) is 0.635. The number of halogens is 1. The molecule has 0 aliphatic carbocycles. The van der Waals surface area contributed by atoms with E-state index in [4.69, 9.17) is 5.73 Å². The highest BCUT2D eigenvalue weighted by molar-refractivity contribution is 9.10. The van der Waals surface area contributed by atoms with Crippen molar-refractivity contribution in [1.82, 2.24) is 9.78 Å². The van der Waals surface area contributed by atoms with Gasteiger partial charge in [0, 0.05) is 26.6 Å². The molecule has 0 bridgehead atoms. The van der Waals surface area contributed by atoms with Gasteiger partial charge in [-0.3, -0.25) is 9.59 Å². The molecule has 19 heavy (non-hydrogen) atoms. The lowest BCUT2D eigenvalue weighted by Crippen LogP contribution is -2.36. The fraction of sp³-hybridized carbons (Fsp3) is 0.583. The maximum atomic E-state index is 11.8. The zero-order valence-corrected chi connectivity index (χ0v) is 12.4. The minimum Gasteiger partial charge on any atom is -0.370 e. The molecule has 1 aromatic rings. The van der Waals surface area contributed by atoms with Crippen LogP contribution in [0.3, 0.4) is 0 Å². The van der Waals surface area contributed by atoms with Crippen molar-refractivity contribution >= 4 is 27.5 Å². The number of hydrogen-bond donors (Lipinski definition) is 1. The van der Waals surface area contributed by atoms with E-state index in [0.29, 0.717) is 16.8 Å². The highest BCUT2D eigenvalue weighted by Gasteiger charge is 2.23. The fourth-order valence-electron chi connectivity index (χ4n) is 2.38. The number of nitrogens with two attached hydrogens (primary N) is 1. The fourth-order valence-corrected chi connectivity index (χ4v) is 2.99. The smallest absolute Gasteiger partial charge is 0.282 e. The lowest BCUT2D eigenvalue weighted by atomic mass is 9.93. The molecular formula is C12H17BrN4O2. The van der Waals surface area contributed by atoms with Crippen LogP contribution in [0.15, 0.2) is 15.5 Å². The molecule has 1 aliphatic rings. The van der Waals surface area contributed by atoms with Gasteiger partial charge in [0.2, 0.25) is 5.91 Å². The molecule has 1 aromatic heterocycles. The van der Waals surface area contributed by atoms with Gasteiger partial charge < -0.3 is 10.6 Å². The van der Waals surface area contributed by atoms with Crippen molar-refractivity contribution in [2.75, 3.05) is 18.0 Å². The normalized spacial score (nSPS) is 16.6. The van der Waals surface area contributed by atoms with Gasteiger partial charge in [-0.15, -0.1) is 0 Å². The van der Waals surface area contributed by atoms with Crippen molar-refractivity contribution in [3.63, 3.8) is 0 Å². The molecule has 7 heteroatoms. The molecule has 2 N–H and O–H groups in total. The molecule has 0 atom stereocenters. The Balaban J connectivity index is 2.08. The molecule has 0 aromatic carbocycles. The van der Waals surface area contributed by atoms with Crippen molar-refractivity contribution in [3.8, 4) is 0 Å². The van der Waals surface area contributed by atoms with E-state index >= 15 is 0 Å². The molecule has 1 aliphatic heterocycles. The molecule has 0 unspecified atom stereocenters. The zero-order chi connectivity index (χ0) is 14.0. The maximum absolute atomic E-state index is 11.8. The lowest BCUT2D eigenvalue weighted by molar-refractivity contribution is -0.119. The number of aromatic nitrogens is 2. The number of anilines is 1. The third-order valence-electron chi connectivity index (χ3n) is 3.50. The summed E-state index contributed by atoms with van der Waals surface area (Å²) in [6.45, 7) is 1.62. The van der Waals surface area contributed by atoms with Gasteiger partial charge in [0.15, 0.2) is 0 Å². The van der Waals surface area contributed by atoms with Crippen molar-refractivity contribution in [2.45, 2.75) is 19.3 Å². The number of piperidine rings is 1. The van der Waals surface area contributed by atoms with E-state index in [1.54, 1.807) is 13.2 Å². The number of hydrogen-bond acceptors (Lipinski definition) is 4. The summed E-state index contributed by atoms with van der Waals surface area (Å²) in [4.78, 5) is 24.8. The third-order valence-corrected chi connectivity index (χ3v) is 4.25. The Labute approximate surface area is 119 Å². The van der Waals surface area contributed by atoms with Gasteiger partial charge in [-0.25, -0.2) is 4.68 Å². The van der Waals surface area contributed by atoms with Gasteiger partial charge in [0.25, 0.3) is 5.56 Å². The highest BCUT2D eigenvalue weighted by atomic mass is 79.9. The van der Waals surface area contributed by atoms with Crippen LogP contribution in [0, 0.1) is 5.92 Å². The van der Waals surface area contributed by atoms with Crippen molar-refractivity contribution in [1.29, 1.82) is 0 Å². The molecular weight excluding hydrogens is 312 g/mol. The second kappa shape index (κ2) is 5.73. The summed E-state index contributed by atoms with van der Waals surface area (Å²) in [5.74, 6) is 0.113. The number of amides is 1. The number of primary amides is 1. The molecule has 104 valence electrons. The Morgan fingerprint density at radius 3 is 2.74 bits per heavy atom. The second-order valence-electron chi connectivity index (χ2n) is 4.87. The predicted molar refractivity (Wildman–Crippen MR) is 75.9 cm³/mol. The van der Waals surface area contributed by atoms with Crippen LogP contribution in [0.25, 0.3) is 0 Å². The largest absolute Gasteiger partial charge is 0.370 e. The quantitative estimate of drug-likeness (QED) is 0.882. The van der Waals surface area contributed by atoms with E-state index < -0.39 is 0 Å². The number of aryl methyl sites for hydroxylation is 1. The summed E-state index contributed by atoms with van der Waals surface area (Å²) >= 11 is 3.33. The number of nitrogens with zero attached hydrogens (tertiary/aromatic N) is 3. The average molecular weight is 329 g/mol. The van der Waals surface area contributed by atoms with Crippen molar-refractivity contribution in [2.24, 2.45) is 18.7 Å². The van der Waals surface area contributed by atoms with Crippen LogP contribution >= 0.6 is 15.9 Å². The molecule has 0 radical (unpaired) electrons. The molecule has 0 saturated carbocycles. The van der Waals surface area contributed by atoms with Crippen LogP contribution in [-0.2, 0) is 11.8 Å². The standard InChI is InChI=1S/C12H17BrN4O2/c1-16-12(19)11(13)9(7-15-16)17-4-2-8(3-5-17)6-10(14)18/h7-8H,2-6H2,1H3,(H2,14,18). The summed E-state index contributed by atoms with van der Waals surface area (Å²) in [6, 6.07) is 0. The van der Waals surface area contributed by atoms with Crippen molar-refractivity contribution < 1.29 is 4.79 Å². The molecule has 1 saturated heterocycles. The summed E-state index contributed by atoms with van der Waals surface area (Å²) < 4.78 is 1.84. The molecule has 1 fully saturated rings. The number of carbonyl (C=O) groups is 1. The van der Waals surface area contributed by atoms with E-state index in [-0.39, 0.29) is 11.5 Å². The van der Waals surface area contributed by atoms with E-state index in [9.17, 15) is 9.59 Å².